The van der Waals surface area contributed by atoms with E-state index in [9.17, 15) is 0 Å². The lowest BCUT2D eigenvalue weighted by atomic mass is 10.0. The molecule has 1 atom stereocenters. The second kappa shape index (κ2) is 6.74. The summed E-state index contributed by atoms with van der Waals surface area (Å²) in [6.45, 7) is 7.24. The van der Waals surface area contributed by atoms with E-state index in [-0.39, 0.29) is 0 Å². The summed E-state index contributed by atoms with van der Waals surface area (Å²) in [7, 11) is 0. The lowest BCUT2D eigenvalue weighted by Crippen LogP contribution is -2.48. The highest BCUT2D eigenvalue weighted by atomic mass is 35.5. The third kappa shape index (κ3) is 3.43. The minimum atomic E-state index is 0.716. The zero-order chi connectivity index (χ0) is 13.8. The van der Waals surface area contributed by atoms with Gasteiger partial charge in [-0.25, -0.2) is 4.98 Å². The van der Waals surface area contributed by atoms with Gasteiger partial charge < -0.3 is 9.64 Å². The van der Waals surface area contributed by atoms with Crippen molar-refractivity contribution >= 4 is 17.4 Å². The molecule has 1 aromatic heterocycles. The van der Waals surface area contributed by atoms with Crippen LogP contribution in [0.2, 0.25) is 5.02 Å². The maximum atomic E-state index is 6.22. The smallest absolute Gasteiger partial charge is 0.147 e. The monoisotopic (exact) mass is 295 g/mol. The molecule has 3 heterocycles. The molecular weight excluding hydrogens is 274 g/mol. The fraction of sp³-hybridized carbons (Fsp3) is 0.667. The van der Waals surface area contributed by atoms with E-state index < -0.39 is 0 Å². The van der Waals surface area contributed by atoms with Crippen LogP contribution in [0.25, 0.3) is 0 Å². The van der Waals surface area contributed by atoms with Crippen LogP contribution in [0, 0.1) is 5.92 Å². The molecule has 0 unspecified atom stereocenters. The van der Waals surface area contributed by atoms with Crippen LogP contribution in [0.1, 0.15) is 12.8 Å². The zero-order valence-electron chi connectivity index (χ0n) is 11.8. The largest absolute Gasteiger partial charge is 0.381 e. The molecule has 1 aromatic rings. The van der Waals surface area contributed by atoms with Crippen molar-refractivity contribution in [1.82, 2.24) is 9.88 Å². The number of piperazine rings is 1. The number of hydrogen-bond donors (Lipinski definition) is 0. The number of anilines is 1. The number of aromatic nitrogens is 1. The summed E-state index contributed by atoms with van der Waals surface area (Å²) in [5, 5.41) is 0.752. The molecule has 2 fully saturated rings. The molecule has 20 heavy (non-hydrogen) atoms. The van der Waals surface area contributed by atoms with Crippen LogP contribution in [0.4, 0.5) is 5.82 Å². The molecule has 2 aliphatic rings. The Morgan fingerprint density at radius 1 is 1.30 bits per heavy atom. The first-order chi connectivity index (χ1) is 9.83. The van der Waals surface area contributed by atoms with Gasteiger partial charge in [0.05, 0.1) is 11.6 Å². The van der Waals surface area contributed by atoms with Crippen molar-refractivity contribution in [2.24, 2.45) is 5.92 Å². The molecule has 3 rings (SSSR count). The Labute approximate surface area is 125 Å². The molecular formula is C15H22ClN3O. The molecule has 0 bridgehead atoms. The van der Waals surface area contributed by atoms with Gasteiger partial charge in [-0.3, -0.25) is 4.90 Å². The van der Waals surface area contributed by atoms with E-state index in [2.05, 4.69) is 14.8 Å². The van der Waals surface area contributed by atoms with E-state index >= 15 is 0 Å². The molecule has 0 spiro atoms. The van der Waals surface area contributed by atoms with Crippen LogP contribution < -0.4 is 4.90 Å². The topological polar surface area (TPSA) is 28.6 Å². The number of nitrogens with zero attached hydrogens (tertiary/aromatic N) is 3. The van der Waals surface area contributed by atoms with Crippen molar-refractivity contribution in [2.45, 2.75) is 12.8 Å². The van der Waals surface area contributed by atoms with Crippen molar-refractivity contribution in [3.63, 3.8) is 0 Å². The summed E-state index contributed by atoms with van der Waals surface area (Å²) in [5.74, 6) is 1.64. The summed E-state index contributed by atoms with van der Waals surface area (Å²) in [4.78, 5) is 9.23. The average molecular weight is 296 g/mol. The summed E-state index contributed by atoms with van der Waals surface area (Å²) in [5.41, 5.74) is 0. The molecule has 0 N–H and O–H groups in total. The molecule has 4 nitrogen and oxygen atoms in total. The summed E-state index contributed by atoms with van der Waals surface area (Å²) in [6.07, 6.45) is 4.34. The quantitative estimate of drug-likeness (QED) is 0.855. The van der Waals surface area contributed by atoms with Gasteiger partial charge in [-0.2, -0.15) is 0 Å². The van der Waals surface area contributed by atoms with E-state index in [4.69, 9.17) is 16.3 Å². The number of pyridine rings is 1. The molecule has 5 heteroatoms. The molecule has 110 valence electrons. The van der Waals surface area contributed by atoms with Gasteiger partial charge in [0.25, 0.3) is 0 Å². The predicted molar refractivity (Wildman–Crippen MR) is 81.4 cm³/mol. The lowest BCUT2D eigenvalue weighted by molar-refractivity contribution is 0.0377. The van der Waals surface area contributed by atoms with Crippen molar-refractivity contribution in [2.75, 3.05) is 50.8 Å². The number of hydrogen-bond acceptors (Lipinski definition) is 4. The van der Waals surface area contributed by atoms with Crippen LogP contribution in [0.5, 0.6) is 0 Å². The van der Waals surface area contributed by atoms with E-state index in [1.807, 2.05) is 18.3 Å². The zero-order valence-corrected chi connectivity index (χ0v) is 12.6. The standard InChI is InChI=1S/C15H22ClN3O/c16-14-4-1-5-17-15(14)19-8-6-18(7-9-19)11-13-3-2-10-20-12-13/h1,4-5,13H,2-3,6-12H2/t13-/m0/s1. The molecule has 0 radical (unpaired) electrons. The Morgan fingerprint density at radius 3 is 2.85 bits per heavy atom. The Bertz CT molecular complexity index is 429. The molecule has 0 saturated carbocycles. The van der Waals surface area contributed by atoms with Crippen LogP contribution in [-0.4, -0.2) is 55.8 Å². The van der Waals surface area contributed by atoms with Gasteiger partial charge >= 0.3 is 0 Å². The third-order valence-corrected chi connectivity index (χ3v) is 4.48. The minimum absolute atomic E-state index is 0.716. The summed E-state index contributed by atoms with van der Waals surface area (Å²) >= 11 is 6.22. The van der Waals surface area contributed by atoms with Gasteiger partial charge in [-0.05, 0) is 30.9 Å². The average Bonchev–Trinajstić information content (AvgIpc) is 2.50. The highest BCUT2D eigenvalue weighted by molar-refractivity contribution is 6.32. The lowest BCUT2D eigenvalue weighted by Gasteiger charge is -2.37. The van der Waals surface area contributed by atoms with Crippen molar-refractivity contribution in [3.05, 3.63) is 23.4 Å². The molecule has 0 aliphatic carbocycles. The first kappa shape index (κ1) is 14.1. The predicted octanol–water partition coefficient (Wildman–Crippen LogP) is 2.28. The first-order valence-electron chi connectivity index (χ1n) is 7.48. The highest BCUT2D eigenvalue weighted by Crippen LogP contribution is 2.24. The fourth-order valence-corrected chi connectivity index (χ4v) is 3.31. The number of ether oxygens (including phenoxy) is 1. The summed E-state index contributed by atoms with van der Waals surface area (Å²) < 4.78 is 5.57. The molecule has 0 amide bonds. The van der Waals surface area contributed by atoms with E-state index in [0.29, 0.717) is 5.92 Å². The fourth-order valence-electron chi connectivity index (χ4n) is 3.07. The Hall–Kier alpha value is -0.840. The van der Waals surface area contributed by atoms with Crippen LogP contribution in [-0.2, 0) is 4.74 Å². The van der Waals surface area contributed by atoms with Crippen molar-refractivity contribution in [1.29, 1.82) is 0 Å². The normalized spacial score (nSPS) is 24.9. The van der Waals surface area contributed by atoms with Crippen molar-refractivity contribution < 1.29 is 4.74 Å². The first-order valence-corrected chi connectivity index (χ1v) is 7.86. The number of rotatable bonds is 3. The van der Waals surface area contributed by atoms with Gasteiger partial charge in [-0.15, -0.1) is 0 Å². The van der Waals surface area contributed by atoms with Crippen molar-refractivity contribution in [3.8, 4) is 0 Å². The molecule has 2 aliphatic heterocycles. The van der Waals surface area contributed by atoms with Gasteiger partial charge in [0.1, 0.15) is 5.82 Å². The maximum absolute atomic E-state index is 6.22. The van der Waals surface area contributed by atoms with E-state index in [0.717, 1.165) is 50.2 Å². The van der Waals surface area contributed by atoms with Crippen LogP contribution in [0.3, 0.4) is 0 Å². The van der Waals surface area contributed by atoms with Crippen LogP contribution >= 0.6 is 11.6 Å². The van der Waals surface area contributed by atoms with E-state index in [1.165, 1.54) is 19.4 Å². The molecule has 2 saturated heterocycles. The second-order valence-corrected chi connectivity index (χ2v) is 6.09. The van der Waals surface area contributed by atoms with Gasteiger partial charge in [-0.1, -0.05) is 11.6 Å². The number of halogens is 1. The molecule has 0 aromatic carbocycles. The Kier molecular flexibility index (Phi) is 4.76. The van der Waals surface area contributed by atoms with Crippen LogP contribution in [0.15, 0.2) is 18.3 Å². The second-order valence-electron chi connectivity index (χ2n) is 5.68. The van der Waals surface area contributed by atoms with Gasteiger partial charge in [0, 0.05) is 45.5 Å². The third-order valence-electron chi connectivity index (χ3n) is 4.18. The SMILES string of the molecule is Clc1cccnc1N1CCN(C[C@@H]2CCCOC2)CC1. The summed E-state index contributed by atoms with van der Waals surface area (Å²) in [6, 6.07) is 3.79. The maximum Gasteiger partial charge on any atom is 0.147 e. The highest BCUT2D eigenvalue weighted by Gasteiger charge is 2.23. The Balaban J connectivity index is 1.50. The minimum Gasteiger partial charge on any atom is -0.381 e. The van der Waals surface area contributed by atoms with Gasteiger partial charge in [0.2, 0.25) is 0 Å². The van der Waals surface area contributed by atoms with Gasteiger partial charge in [0.15, 0.2) is 0 Å². The van der Waals surface area contributed by atoms with E-state index in [1.54, 1.807) is 0 Å². The Morgan fingerprint density at radius 2 is 2.15 bits per heavy atom.